The van der Waals surface area contributed by atoms with Crippen molar-refractivity contribution >= 4 is 5.78 Å². The third-order valence-electron chi connectivity index (χ3n) is 9.83. The minimum absolute atomic E-state index is 0.0568. The van der Waals surface area contributed by atoms with Gasteiger partial charge in [-0.1, -0.05) is 13.8 Å². The molecule has 3 nitrogen and oxygen atoms in total. The van der Waals surface area contributed by atoms with Crippen LogP contribution in [0.4, 0.5) is 0 Å². The molecule has 4 saturated carbocycles. The van der Waals surface area contributed by atoms with Gasteiger partial charge in [0.1, 0.15) is 5.78 Å². The normalized spacial score (nSPS) is 49.4. The molecule has 0 heterocycles. The highest BCUT2D eigenvalue weighted by molar-refractivity contribution is 5.82. The average Bonchev–Trinajstić information content (AvgIpc) is 2.97. The average molecular weight is 376 g/mol. The van der Waals surface area contributed by atoms with Crippen LogP contribution in [-0.2, 0) is 4.79 Å². The Labute approximate surface area is 166 Å². The van der Waals surface area contributed by atoms with Crippen LogP contribution in [0.3, 0.4) is 0 Å². The van der Waals surface area contributed by atoms with Crippen molar-refractivity contribution in [1.82, 2.24) is 4.90 Å². The van der Waals surface area contributed by atoms with Gasteiger partial charge in [0.15, 0.2) is 0 Å². The number of aliphatic hydroxyl groups is 1. The number of ketones is 1. The summed E-state index contributed by atoms with van der Waals surface area (Å²) in [6.45, 7) is 5.92. The van der Waals surface area contributed by atoms with Crippen molar-refractivity contribution in [2.75, 3.05) is 20.6 Å². The second kappa shape index (κ2) is 7.13. The first kappa shape index (κ1) is 19.9. The van der Waals surface area contributed by atoms with Gasteiger partial charge in [-0.05, 0) is 106 Å². The summed E-state index contributed by atoms with van der Waals surface area (Å²) in [5, 5.41) is 10.2. The number of rotatable bonds is 4. The van der Waals surface area contributed by atoms with Gasteiger partial charge in [-0.2, -0.15) is 0 Å². The summed E-state index contributed by atoms with van der Waals surface area (Å²) in [7, 11) is 4.13. The van der Waals surface area contributed by atoms with Gasteiger partial charge in [0.25, 0.3) is 0 Å². The maximum Gasteiger partial charge on any atom is 0.137 e. The fourth-order valence-electron chi connectivity index (χ4n) is 8.27. The molecule has 0 bridgehead atoms. The van der Waals surface area contributed by atoms with Crippen molar-refractivity contribution < 1.29 is 9.90 Å². The van der Waals surface area contributed by atoms with E-state index in [1.807, 2.05) is 0 Å². The molecule has 1 N–H and O–H groups in total. The highest BCUT2D eigenvalue weighted by atomic mass is 16.3. The molecule has 4 aliphatic carbocycles. The summed E-state index contributed by atoms with van der Waals surface area (Å²) in [5.74, 6) is 3.99. The number of nitrogens with zero attached hydrogens (tertiary/aromatic N) is 1. The van der Waals surface area contributed by atoms with Crippen molar-refractivity contribution in [3.63, 3.8) is 0 Å². The fraction of sp³-hybridized carbons (Fsp3) is 0.958. The van der Waals surface area contributed by atoms with Gasteiger partial charge in [0.05, 0.1) is 6.10 Å². The lowest BCUT2D eigenvalue weighted by Gasteiger charge is -2.60. The molecular formula is C24H41NO2. The van der Waals surface area contributed by atoms with E-state index in [1.54, 1.807) is 0 Å². The van der Waals surface area contributed by atoms with Crippen LogP contribution in [0, 0.1) is 40.4 Å². The van der Waals surface area contributed by atoms with E-state index in [2.05, 4.69) is 32.8 Å². The largest absolute Gasteiger partial charge is 0.393 e. The summed E-state index contributed by atoms with van der Waals surface area (Å²) < 4.78 is 0. The number of carbonyl (C=O) groups excluding carboxylic acids is 1. The van der Waals surface area contributed by atoms with Gasteiger partial charge in [-0.25, -0.2) is 0 Å². The Kier molecular flexibility index (Phi) is 5.25. The second-order valence-corrected chi connectivity index (χ2v) is 11.3. The molecule has 2 unspecified atom stereocenters. The fourth-order valence-corrected chi connectivity index (χ4v) is 8.27. The van der Waals surface area contributed by atoms with E-state index in [4.69, 9.17) is 0 Å². The number of aliphatic hydroxyl groups excluding tert-OH is 1. The molecule has 0 spiro atoms. The Morgan fingerprint density at radius 3 is 2.41 bits per heavy atom. The van der Waals surface area contributed by atoms with E-state index in [-0.39, 0.29) is 11.5 Å². The van der Waals surface area contributed by atoms with Crippen LogP contribution in [0.25, 0.3) is 0 Å². The molecule has 3 heteroatoms. The highest BCUT2D eigenvalue weighted by Gasteiger charge is 2.60. The lowest BCUT2D eigenvalue weighted by molar-refractivity contribution is -0.139. The van der Waals surface area contributed by atoms with Crippen LogP contribution in [0.2, 0.25) is 0 Å². The van der Waals surface area contributed by atoms with Crippen LogP contribution in [0.1, 0.15) is 78.1 Å². The molecule has 0 aromatic carbocycles. The molecule has 0 amide bonds. The van der Waals surface area contributed by atoms with E-state index < -0.39 is 0 Å². The topological polar surface area (TPSA) is 40.5 Å². The Bertz CT molecular complexity index is 575. The molecule has 8 atom stereocenters. The zero-order valence-electron chi connectivity index (χ0n) is 18.0. The van der Waals surface area contributed by atoms with Gasteiger partial charge < -0.3 is 10.0 Å². The zero-order chi connectivity index (χ0) is 19.4. The monoisotopic (exact) mass is 375 g/mol. The molecule has 4 fully saturated rings. The van der Waals surface area contributed by atoms with Crippen LogP contribution < -0.4 is 0 Å². The van der Waals surface area contributed by atoms with Crippen LogP contribution in [0.15, 0.2) is 0 Å². The number of hydrogen-bond acceptors (Lipinski definition) is 3. The minimum Gasteiger partial charge on any atom is -0.393 e. The van der Waals surface area contributed by atoms with Crippen LogP contribution in [0.5, 0.6) is 0 Å². The van der Waals surface area contributed by atoms with E-state index in [1.165, 1.54) is 38.5 Å². The van der Waals surface area contributed by atoms with E-state index >= 15 is 0 Å². The number of fused-ring (bicyclic) bond motifs is 5. The smallest absolute Gasteiger partial charge is 0.137 e. The molecule has 4 rings (SSSR count). The summed E-state index contributed by atoms with van der Waals surface area (Å²) in [6.07, 6.45) is 11.6. The Hall–Kier alpha value is -0.410. The third-order valence-corrected chi connectivity index (χ3v) is 9.83. The molecule has 154 valence electrons. The lowest BCUT2D eigenvalue weighted by Crippen LogP contribution is -2.54. The zero-order valence-corrected chi connectivity index (χ0v) is 18.0. The minimum atomic E-state index is -0.0568. The highest BCUT2D eigenvalue weighted by Crippen LogP contribution is 2.67. The first-order chi connectivity index (χ1) is 12.8. The Balaban J connectivity index is 1.51. The molecule has 27 heavy (non-hydrogen) atoms. The molecule has 0 aromatic heterocycles. The van der Waals surface area contributed by atoms with E-state index in [0.717, 1.165) is 55.9 Å². The van der Waals surface area contributed by atoms with Crippen molar-refractivity contribution in [2.24, 2.45) is 40.4 Å². The SMILES string of the molecule is CN(C)CCC(=O)[C@H]1CC[C@H]2[C@@H]3CCC4CC(O)CC[C@]4(C)[C@H]3CC[C@]12C. The Morgan fingerprint density at radius 2 is 1.67 bits per heavy atom. The molecule has 4 aliphatic rings. The van der Waals surface area contributed by atoms with Crippen molar-refractivity contribution in [3.05, 3.63) is 0 Å². The second-order valence-electron chi connectivity index (χ2n) is 11.3. The third kappa shape index (κ3) is 3.21. The van der Waals surface area contributed by atoms with Gasteiger partial charge in [0.2, 0.25) is 0 Å². The van der Waals surface area contributed by atoms with Gasteiger partial charge in [-0.3, -0.25) is 4.79 Å². The van der Waals surface area contributed by atoms with Crippen molar-refractivity contribution in [1.29, 1.82) is 0 Å². The molecular weight excluding hydrogens is 334 g/mol. The van der Waals surface area contributed by atoms with Gasteiger partial charge in [0, 0.05) is 18.9 Å². The van der Waals surface area contributed by atoms with Crippen LogP contribution >= 0.6 is 0 Å². The first-order valence-corrected chi connectivity index (χ1v) is 11.6. The number of carbonyl (C=O) groups is 1. The molecule has 0 radical (unpaired) electrons. The summed E-state index contributed by atoms with van der Waals surface area (Å²) >= 11 is 0. The molecule has 0 aliphatic heterocycles. The lowest BCUT2D eigenvalue weighted by atomic mass is 9.44. The standard InChI is InChI=1S/C24H41NO2/c1-23-12-9-17(26)15-16(23)5-6-18-19-7-8-21(22(27)11-14-25(3)4)24(19,2)13-10-20(18)23/h16-21,26H,5-15H2,1-4H3/t16?,17?,18-,19-,20-,21+,23-,24-/m0/s1. The van der Waals surface area contributed by atoms with Crippen molar-refractivity contribution in [3.8, 4) is 0 Å². The summed E-state index contributed by atoms with van der Waals surface area (Å²) in [4.78, 5) is 15.2. The molecule has 0 aromatic rings. The maximum absolute atomic E-state index is 13.0. The van der Waals surface area contributed by atoms with Gasteiger partial charge in [-0.15, -0.1) is 0 Å². The van der Waals surface area contributed by atoms with Crippen LogP contribution in [-0.4, -0.2) is 42.5 Å². The van der Waals surface area contributed by atoms with E-state index in [9.17, 15) is 9.90 Å². The number of Topliss-reactive ketones (excluding diaryl/α,β-unsaturated/α-hetero) is 1. The van der Waals surface area contributed by atoms with Gasteiger partial charge >= 0.3 is 0 Å². The quantitative estimate of drug-likeness (QED) is 0.785. The Morgan fingerprint density at radius 1 is 0.963 bits per heavy atom. The van der Waals surface area contributed by atoms with Crippen molar-refractivity contribution in [2.45, 2.75) is 84.2 Å². The predicted octanol–water partition coefficient (Wildman–Crippen LogP) is 4.53. The maximum atomic E-state index is 13.0. The molecule has 0 saturated heterocycles. The predicted molar refractivity (Wildman–Crippen MR) is 109 cm³/mol. The summed E-state index contributed by atoms with van der Waals surface area (Å²) in [5.41, 5.74) is 0.693. The number of hydrogen-bond donors (Lipinski definition) is 1. The summed E-state index contributed by atoms with van der Waals surface area (Å²) in [6, 6.07) is 0. The first-order valence-electron chi connectivity index (χ1n) is 11.6. The van der Waals surface area contributed by atoms with E-state index in [0.29, 0.717) is 17.1 Å².